The number of carboxylic acids is 1. The van der Waals surface area contributed by atoms with Gasteiger partial charge in [-0.2, -0.15) is 0 Å². The average molecular weight is 293 g/mol. The minimum atomic E-state index is -1.09. The molecule has 0 radical (unpaired) electrons. The van der Waals surface area contributed by atoms with E-state index in [0.29, 0.717) is 0 Å². The van der Waals surface area contributed by atoms with Gasteiger partial charge >= 0.3 is 5.97 Å². The number of carboxylic acid groups (broad SMARTS) is 1. The third-order valence-corrected chi connectivity index (χ3v) is 5.74. The van der Waals surface area contributed by atoms with Gasteiger partial charge in [0.25, 0.3) is 0 Å². The Labute approximate surface area is 122 Å². The number of hydrogen-bond donors (Lipinski definition) is 2. The second-order valence-corrected chi connectivity index (χ2v) is 7.14. The highest BCUT2D eigenvalue weighted by atomic mass is 32.1. The van der Waals surface area contributed by atoms with Gasteiger partial charge in [-0.1, -0.05) is 0 Å². The molecule has 2 aliphatic rings. The van der Waals surface area contributed by atoms with E-state index in [1.54, 1.807) is 18.3 Å². The Kier molecular flexibility index (Phi) is 3.12. The Balaban J connectivity index is 1.66. The first-order chi connectivity index (χ1) is 9.43. The lowest BCUT2D eigenvalue weighted by molar-refractivity contribution is -0.148. The predicted molar refractivity (Wildman–Crippen MR) is 76.8 cm³/mol. The van der Waals surface area contributed by atoms with Gasteiger partial charge in [0.2, 0.25) is 5.91 Å². The van der Waals surface area contributed by atoms with E-state index in [2.05, 4.69) is 18.3 Å². The second kappa shape index (κ2) is 4.58. The molecule has 1 heterocycles. The largest absolute Gasteiger partial charge is 0.480 e. The van der Waals surface area contributed by atoms with Crippen LogP contribution in [0, 0.1) is 18.8 Å². The van der Waals surface area contributed by atoms with Crippen LogP contribution in [0.25, 0.3) is 0 Å². The lowest BCUT2D eigenvalue weighted by atomic mass is 9.95. The van der Waals surface area contributed by atoms with Gasteiger partial charge in [0, 0.05) is 16.7 Å². The maximum atomic E-state index is 12.3. The molecule has 3 rings (SSSR count). The van der Waals surface area contributed by atoms with E-state index in [1.165, 1.54) is 10.4 Å². The van der Waals surface area contributed by atoms with Crippen LogP contribution >= 0.6 is 11.3 Å². The predicted octanol–water partition coefficient (Wildman–Crippen LogP) is 2.53. The second-order valence-electron chi connectivity index (χ2n) is 6.19. The Morgan fingerprint density at radius 3 is 2.65 bits per heavy atom. The molecule has 0 aliphatic heterocycles. The van der Waals surface area contributed by atoms with Crippen LogP contribution in [-0.4, -0.2) is 22.5 Å². The van der Waals surface area contributed by atoms with Gasteiger partial charge < -0.3 is 10.4 Å². The van der Waals surface area contributed by atoms with Crippen molar-refractivity contribution in [2.24, 2.45) is 11.8 Å². The smallest absolute Gasteiger partial charge is 0.329 e. The molecule has 2 saturated carbocycles. The number of aliphatic carboxylic acids is 1. The monoisotopic (exact) mass is 293 g/mol. The molecule has 0 saturated heterocycles. The molecule has 1 amide bonds. The zero-order valence-electron chi connectivity index (χ0n) is 11.7. The average Bonchev–Trinajstić information content (AvgIpc) is 3.28. The Hall–Kier alpha value is -1.36. The van der Waals surface area contributed by atoms with Gasteiger partial charge in [-0.3, -0.25) is 4.79 Å². The van der Waals surface area contributed by atoms with E-state index in [9.17, 15) is 14.7 Å². The van der Waals surface area contributed by atoms with Gasteiger partial charge in [-0.25, -0.2) is 4.79 Å². The van der Waals surface area contributed by atoms with Gasteiger partial charge in [-0.15, -0.1) is 11.3 Å². The molecule has 1 aromatic rings. The summed E-state index contributed by atoms with van der Waals surface area (Å²) >= 11 is 1.69. The van der Waals surface area contributed by atoms with Crippen molar-refractivity contribution in [2.75, 3.05) is 0 Å². The number of thiophene rings is 1. The Morgan fingerprint density at radius 1 is 1.45 bits per heavy atom. The van der Waals surface area contributed by atoms with Gasteiger partial charge in [0.05, 0.1) is 0 Å². The first kappa shape index (κ1) is 13.6. The molecule has 4 nitrogen and oxygen atoms in total. The summed E-state index contributed by atoms with van der Waals surface area (Å²) in [7, 11) is 0. The van der Waals surface area contributed by atoms with Crippen molar-refractivity contribution in [1.29, 1.82) is 0 Å². The van der Waals surface area contributed by atoms with Crippen molar-refractivity contribution in [3.8, 4) is 0 Å². The highest BCUT2D eigenvalue weighted by Crippen LogP contribution is 2.51. The molecule has 2 fully saturated rings. The number of nitrogens with one attached hydrogen (secondary N) is 1. The molecule has 0 aromatic carbocycles. The van der Waals surface area contributed by atoms with Crippen molar-refractivity contribution >= 4 is 23.2 Å². The van der Waals surface area contributed by atoms with Gasteiger partial charge in [0.1, 0.15) is 5.54 Å². The van der Waals surface area contributed by atoms with E-state index < -0.39 is 11.5 Å². The van der Waals surface area contributed by atoms with Crippen LogP contribution < -0.4 is 5.32 Å². The lowest BCUT2D eigenvalue weighted by Gasteiger charge is -2.26. The molecule has 0 bridgehead atoms. The summed E-state index contributed by atoms with van der Waals surface area (Å²) in [6.07, 6.45) is 2.62. The van der Waals surface area contributed by atoms with Gasteiger partial charge in [0.15, 0.2) is 0 Å². The molecule has 0 unspecified atom stereocenters. The van der Waals surface area contributed by atoms with Crippen LogP contribution in [0.3, 0.4) is 0 Å². The molecule has 3 atom stereocenters. The van der Waals surface area contributed by atoms with Gasteiger partial charge in [-0.05, 0) is 56.0 Å². The SMILES string of the molecule is Cc1ccsc1[C@@H]1C[C@H]1C(=O)N[C@](C)(C(=O)O)C1CC1. The van der Waals surface area contributed by atoms with Crippen LogP contribution in [0.2, 0.25) is 0 Å². The third kappa shape index (κ3) is 2.24. The van der Waals surface area contributed by atoms with Crippen LogP contribution in [0.1, 0.15) is 42.5 Å². The number of amides is 1. The Morgan fingerprint density at radius 2 is 2.15 bits per heavy atom. The van der Waals surface area contributed by atoms with Crippen molar-refractivity contribution < 1.29 is 14.7 Å². The molecule has 2 aliphatic carbocycles. The summed E-state index contributed by atoms with van der Waals surface area (Å²) in [5.74, 6) is -0.695. The number of rotatable bonds is 5. The number of carbonyl (C=O) groups excluding carboxylic acids is 1. The highest BCUT2D eigenvalue weighted by molar-refractivity contribution is 7.10. The standard InChI is InChI=1S/C15H19NO3S/c1-8-5-6-20-12(8)10-7-11(10)13(17)16-15(2,14(18)19)9-3-4-9/h5-6,9-11H,3-4,7H2,1-2H3,(H,16,17)(H,18,19)/t10-,11-,15+/m1/s1. The molecule has 108 valence electrons. The van der Waals surface area contributed by atoms with E-state index in [1.807, 2.05) is 5.38 Å². The molecular weight excluding hydrogens is 274 g/mol. The lowest BCUT2D eigenvalue weighted by Crippen LogP contribution is -2.54. The minimum absolute atomic E-state index is 0.0511. The minimum Gasteiger partial charge on any atom is -0.480 e. The fraction of sp³-hybridized carbons (Fsp3) is 0.600. The summed E-state index contributed by atoms with van der Waals surface area (Å²) in [6.45, 7) is 3.70. The summed E-state index contributed by atoms with van der Waals surface area (Å²) in [4.78, 5) is 25.0. The summed E-state index contributed by atoms with van der Waals surface area (Å²) in [5.41, 5.74) is 0.146. The van der Waals surface area contributed by atoms with E-state index in [4.69, 9.17) is 0 Å². The zero-order chi connectivity index (χ0) is 14.5. The first-order valence-electron chi connectivity index (χ1n) is 7.03. The molecule has 0 spiro atoms. The van der Waals surface area contributed by atoms with Crippen LogP contribution in [-0.2, 0) is 9.59 Å². The van der Waals surface area contributed by atoms with Crippen LogP contribution in [0.15, 0.2) is 11.4 Å². The van der Waals surface area contributed by atoms with Crippen LogP contribution in [0.4, 0.5) is 0 Å². The zero-order valence-corrected chi connectivity index (χ0v) is 12.5. The number of carbonyl (C=O) groups is 2. The quantitative estimate of drug-likeness (QED) is 0.876. The molecule has 20 heavy (non-hydrogen) atoms. The van der Waals surface area contributed by atoms with Crippen molar-refractivity contribution in [3.63, 3.8) is 0 Å². The first-order valence-corrected chi connectivity index (χ1v) is 7.91. The third-order valence-electron chi connectivity index (χ3n) is 4.59. The maximum absolute atomic E-state index is 12.3. The fourth-order valence-electron chi connectivity index (χ4n) is 2.88. The number of aryl methyl sites for hydroxylation is 1. The Bertz CT molecular complexity index is 563. The highest BCUT2D eigenvalue weighted by Gasteiger charge is 2.52. The summed E-state index contributed by atoms with van der Waals surface area (Å²) in [6, 6.07) is 2.07. The summed E-state index contributed by atoms with van der Waals surface area (Å²) in [5, 5.41) is 14.2. The molecular formula is C15H19NO3S. The van der Waals surface area contributed by atoms with Crippen LogP contribution in [0.5, 0.6) is 0 Å². The van der Waals surface area contributed by atoms with Crippen molar-refractivity contribution in [3.05, 3.63) is 21.9 Å². The normalized spacial score (nSPS) is 27.7. The molecule has 2 N–H and O–H groups in total. The number of hydrogen-bond acceptors (Lipinski definition) is 3. The maximum Gasteiger partial charge on any atom is 0.329 e. The fourth-order valence-corrected chi connectivity index (χ4v) is 3.99. The van der Waals surface area contributed by atoms with Crippen molar-refractivity contribution in [2.45, 2.75) is 44.6 Å². The van der Waals surface area contributed by atoms with E-state index in [-0.39, 0.29) is 23.7 Å². The van der Waals surface area contributed by atoms with Crippen molar-refractivity contribution in [1.82, 2.24) is 5.32 Å². The van der Waals surface area contributed by atoms with E-state index in [0.717, 1.165) is 19.3 Å². The summed E-state index contributed by atoms with van der Waals surface area (Å²) < 4.78 is 0. The van der Waals surface area contributed by atoms with E-state index >= 15 is 0 Å². The molecule has 1 aromatic heterocycles. The molecule has 5 heteroatoms. The topological polar surface area (TPSA) is 66.4 Å².